The lowest BCUT2D eigenvalue weighted by atomic mass is 9.99. The second kappa shape index (κ2) is 36.0. The Balaban J connectivity index is 2.46. The van der Waals surface area contributed by atoms with Crippen LogP contribution < -0.4 is 5.32 Å². The van der Waals surface area contributed by atoms with E-state index in [2.05, 4.69) is 79.9 Å². The number of unbranched alkanes of at least 4 members (excludes halogenated alkanes) is 14. The molecule has 316 valence electrons. The van der Waals surface area contributed by atoms with Crippen LogP contribution in [0.15, 0.2) is 72.9 Å². The topological polar surface area (TPSA) is 149 Å². The molecule has 7 unspecified atom stereocenters. The summed E-state index contributed by atoms with van der Waals surface area (Å²) >= 11 is 0. The van der Waals surface area contributed by atoms with Gasteiger partial charge in [-0.15, -0.1) is 0 Å². The van der Waals surface area contributed by atoms with Crippen molar-refractivity contribution in [2.24, 2.45) is 0 Å². The van der Waals surface area contributed by atoms with Crippen LogP contribution in [-0.4, -0.2) is 87.5 Å². The Morgan fingerprint density at radius 2 is 1.15 bits per heavy atom. The molecule has 9 heteroatoms. The Morgan fingerprint density at radius 1 is 0.636 bits per heavy atom. The fraction of sp³-hybridized carbons (Fsp3) is 0.717. The summed E-state index contributed by atoms with van der Waals surface area (Å²) in [7, 11) is 0. The molecular formula is C46H79NO8. The molecule has 0 aromatic heterocycles. The van der Waals surface area contributed by atoms with Gasteiger partial charge >= 0.3 is 0 Å². The smallest absolute Gasteiger partial charge is 0.220 e. The van der Waals surface area contributed by atoms with Gasteiger partial charge in [0.2, 0.25) is 5.91 Å². The van der Waals surface area contributed by atoms with E-state index in [9.17, 15) is 30.3 Å². The van der Waals surface area contributed by atoms with E-state index in [4.69, 9.17) is 9.47 Å². The first-order chi connectivity index (χ1) is 26.8. The van der Waals surface area contributed by atoms with E-state index in [1.807, 2.05) is 6.08 Å². The molecule has 7 atom stereocenters. The quantitative estimate of drug-likeness (QED) is 0.0281. The van der Waals surface area contributed by atoms with Gasteiger partial charge in [0.1, 0.15) is 24.4 Å². The number of amides is 1. The molecule has 1 saturated heterocycles. The van der Waals surface area contributed by atoms with Crippen molar-refractivity contribution < 1.29 is 39.8 Å². The number of hydrogen-bond donors (Lipinski definition) is 6. The number of carbonyl (C=O) groups excluding carboxylic acids is 1. The largest absolute Gasteiger partial charge is 0.394 e. The minimum atomic E-state index is -1.58. The van der Waals surface area contributed by atoms with E-state index in [1.165, 1.54) is 70.6 Å². The van der Waals surface area contributed by atoms with Gasteiger partial charge in [0, 0.05) is 6.42 Å². The van der Waals surface area contributed by atoms with Crippen molar-refractivity contribution in [3.8, 4) is 0 Å². The van der Waals surface area contributed by atoms with Crippen molar-refractivity contribution in [2.45, 2.75) is 198 Å². The lowest BCUT2D eigenvalue weighted by Crippen LogP contribution is -2.60. The molecule has 1 heterocycles. The summed E-state index contributed by atoms with van der Waals surface area (Å²) in [5.74, 6) is -0.231. The van der Waals surface area contributed by atoms with Crippen LogP contribution in [0.5, 0.6) is 0 Å². The van der Waals surface area contributed by atoms with Crippen LogP contribution in [0.4, 0.5) is 0 Å². The van der Waals surface area contributed by atoms with Crippen LogP contribution in [0.2, 0.25) is 0 Å². The minimum Gasteiger partial charge on any atom is -0.394 e. The Morgan fingerprint density at radius 3 is 1.75 bits per heavy atom. The second-order valence-corrected chi connectivity index (χ2v) is 14.7. The average molecular weight is 774 g/mol. The highest BCUT2D eigenvalue weighted by atomic mass is 16.7. The normalized spacial score (nSPS) is 22.1. The van der Waals surface area contributed by atoms with Crippen molar-refractivity contribution in [2.75, 3.05) is 13.2 Å². The molecular weight excluding hydrogens is 695 g/mol. The highest BCUT2D eigenvalue weighted by molar-refractivity contribution is 5.76. The molecule has 0 bridgehead atoms. The van der Waals surface area contributed by atoms with Crippen molar-refractivity contribution in [1.29, 1.82) is 0 Å². The van der Waals surface area contributed by atoms with Gasteiger partial charge < -0.3 is 40.3 Å². The second-order valence-electron chi connectivity index (χ2n) is 14.7. The fourth-order valence-corrected chi connectivity index (χ4v) is 6.28. The molecule has 0 aliphatic carbocycles. The number of rotatable bonds is 34. The summed E-state index contributed by atoms with van der Waals surface area (Å²) in [4.78, 5) is 12.9. The van der Waals surface area contributed by atoms with Crippen molar-refractivity contribution in [3.63, 3.8) is 0 Å². The number of hydrogen-bond acceptors (Lipinski definition) is 8. The number of nitrogens with one attached hydrogen (secondary N) is 1. The van der Waals surface area contributed by atoms with E-state index in [0.29, 0.717) is 6.42 Å². The van der Waals surface area contributed by atoms with Gasteiger partial charge in [-0.3, -0.25) is 4.79 Å². The number of allylic oxidation sites excluding steroid dienone is 11. The summed E-state index contributed by atoms with van der Waals surface area (Å²) in [6.45, 7) is 3.59. The molecule has 0 spiro atoms. The Bertz CT molecular complexity index is 1080. The van der Waals surface area contributed by atoms with Gasteiger partial charge in [0.25, 0.3) is 0 Å². The molecule has 0 aromatic rings. The first-order valence-corrected chi connectivity index (χ1v) is 21.7. The summed E-state index contributed by atoms with van der Waals surface area (Å²) < 4.78 is 11.2. The molecule has 1 rings (SSSR count). The highest BCUT2D eigenvalue weighted by Crippen LogP contribution is 2.22. The minimum absolute atomic E-state index is 0.221. The molecule has 6 N–H and O–H groups in total. The molecule has 0 radical (unpaired) electrons. The third-order valence-corrected chi connectivity index (χ3v) is 9.76. The zero-order chi connectivity index (χ0) is 40.2. The molecule has 0 aromatic carbocycles. The van der Waals surface area contributed by atoms with Crippen molar-refractivity contribution in [1.82, 2.24) is 5.32 Å². The van der Waals surface area contributed by atoms with Crippen LogP contribution in [0.25, 0.3) is 0 Å². The summed E-state index contributed by atoms with van der Waals surface area (Å²) in [6.07, 6.45) is 40.9. The van der Waals surface area contributed by atoms with Crippen LogP contribution in [-0.2, 0) is 14.3 Å². The van der Waals surface area contributed by atoms with Crippen molar-refractivity contribution >= 4 is 5.91 Å². The lowest BCUT2D eigenvalue weighted by Gasteiger charge is -2.40. The maximum absolute atomic E-state index is 12.9. The summed E-state index contributed by atoms with van der Waals surface area (Å²) in [5, 5.41) is 54.0. The molecule has 9 nitrogen and oxygen atoms in total. The van der Waals surface area contributed by atoms with Gasteiger partial charge in [-0.25, -0.2) is 0 Å². The molecule has 1 aliphatic heterocycles. The van der Waals surface area contributed by atoms with E-state index >= 15 is 0 Å². The van der Waals surface area contributed by atoms with Gasteiger partial charge in [0.15, 0.2) is 6.29 Å². The monoisotopic (exact) mass is 774 g/mol. The predicted octanol–water partition coefficient (Wildman–Crippen LogP) is 8.61. The van der Waals surface area contributed by atoms with E-state index in [0.717, 1.165) is 57.8 Å². The predicted molar refractivity (Wildman–Crippen MR) is 225 cm³/mol. The third kappa shape index (κ3) is 27.0. The first kappa shape index (κ1) is 50.6. The van der Waals surface area contributed by atoms with Crippen LogP contribution >= 0.6 is 0 Å². The van der Waals surface area contributed by atoms with Crippen LogP contribution in [0.3, 0.4) is 0 Å². The number of aliphatic hydroxyl groups is 5. The van der Waals surface area contributed by atoms with E-state index in [1.54, 1.807) is 6.08 Å². The SMILES string of the molecule is CC/C=C\C/C=C\C/C=C\C/C=C\CCCCC(=O)NC(COC1OC(CO)C(O)C(O)C1O)C(O)/C=C/CC/C=C/CCCCCCCCCCCCC. The van der Waals surface area contributed by atoms with Crippen LogP contribution in [0, 0.1) is 0 Å². The average Bonchev–Trinajstić information content (AvgIpc) is 3.18. The van der Waals surface area contributed by atoms with Gasteiger partial charge in [-0.05, 0) is 70.6 Å². The highest BCUT2D eigenvalue weighted by Gasteiger charge is 2.44. The Kier molecular flexibility index (Phi) is 33.2. The lowest BCUT2D eigenvalue weighted by molar-refractivity contribution is -0.302. The number of carbonyl (C=O) groups is 1. The zero-order valence-corrected chi connectivity index (χ0v) is 34.4. The number of ether oxygens (including phenoxy) is 2. The fourth-order valence-electron chi connectivity index (χ4n) is 6.28. The Hall–Kier alpha value is -2.37. The maximum Gasteiger partial charge on any atom is 0.220 e. The standard InChI is InChI=1S/C46H79NO8/c1-3-5-7-9-11-13-15-17-19-20-22-23-25-27-29-31-33-35-40(49)39(38-54-46-45(53)44(52)43(51)41(37-48)55-46)47-42(50)36-34-32-30-28-26-24-21-18-16-14-12-10-8-6-4-2/h6,8,12,14,18,21,25-28,33,35,39-41,43-46,48-49,51-53H,3-5,7,9-11,13,15-17,19-20,22-24,29-32,34,36-38H2,1-2H3,(H,47,50)/b8-6-,14-12-,21-18-,27-25+,28-26-,35-33+. The van der Waals surface area contributed by atoms with E-state index in [-0.39, 0.29) is 18.9 Å². The molecule has 1 amide bonds. The molecule has 1 aliphatic rings. The molecule has 55 heavy (non-hydrogen) atoms. The summed E-state index contributed by atoms with van der Waals surface area (Å²) in [6, 6.07) is -0.845. The van der Waals surface area contributed by atoms with Gasteiger partial charge in [-0.2, -0.15) is 0 Å². The molecule has 1 fully saturated rings. The van der Waals surface area contributed by atoms with E-state index < -0.39 is 49.5 Å². The third-order valence-electron chi connectivity index (χ3n) is 9.76. The van der Waals surface area contributed by atoms with Crippen LogP contribution in [0.1, 0.15) is 155 Å². The summed E-state index contributed by atoms with van der Waals surface area (Å²) in [5.41, 5.74) is 0. The molecule has 0 saturated carbocycles. The van der Waals surface area contributed by atoms with Gasteiger partial charge in [0.05, 0.1) is 25.4 Å². The van der Waals surface area contributed by atoms with Gasteiger partial charge in [-0.1, -0.05) is 151 Å². The maximum atomic E-state index is 12.9. The zero-order valence-electron chi connectivity index (χ0n) is 34.4. The first-order valence-electron chi connectivity index (χ1n) is 21.7. The number of aliphatic hydroxyl groups excluding tert-OH is 5. The van der Waals surface area contributed by atoms with Crippen molar-refractivity contribution in [3.05, 3.63) is 72.9 Å². The Labute approximate surface area is 334 Å².